The number of fused-ring (bicyclic) bond motifs is 10. The molecule has 1 nitrogen and oxygen atoms in total. The van der Waals surface area contributed by atoms with Gasteiger partial charge in [0.05, 0.1) is 0 Å². The van der Waals surface area contributed by atoms with Crippen molar-refractivity contribution in [2.75, 3.05) is 0 Å². The average Bonchev–Trinajstić information content (AvgIpc) is 3.75. The van der Waals surface area contributed by atoms with Gasteiger partial charge in [-0.2, -0.15) is 0 Å². The molecule has 0 aliphatic rings. The van der Waals surface area contributed by atoms with E-state index >= 15 is 0 Å². The van der Waals surface area contributed by atoms with E-state index in [9.17, 15) is 0 Å². The fourth-order valence-electron chi connectivity index (χ4n) is 8.22. The SMILES string of the molecule is c1ccc2c(-c3c4ccccc4c(-c4ccc(-c5ccc6c(c5)oc5ccc7c8ccccc8sc7c56)cc4)c4ccccc34)cccc2c1. The summed E-state index contributed by atoms with van der Waals surface area (Å²) in [5.74, 6) is 0. The van der Waals surface area contributed by atoms with Crippen molar-refractivity contribution < 1.29 is 4.42 Å². The normalized spacial score (nSPS) is 12.0. The van der Waals surface area contributed by atoms with Crippen LogP contribution in [0.4, 0.5) is 0 Å². The summed E-state index contributed by atoms with van der Waals surface area (Å²) >= 11 is 1.85. The van der Waals surface area contributed by atoms with Crippen LogP contribution in [0, 0.1) is 0 Å². The van der Waals surface area contributed by atoms with E-state index in [1.165, 1.54) is 91.1 Å². The van der Waals surface area contributed by atoms with Crippen molar-refractivity contribution in [2.45, 2.75) is 0 Å². The van der Waals surface area contributed by atoms with E-state index in [-0.39, 0.29) is 0 Å². The molecule has 50 heavy (non-hydrogen) atoms. The molecule has 0 amide bonds. The minimum atomic E-state index is 0.924. The summed E-state index contributed by atoms with van der Waals surface area (Å²) in [5.41, 5.74) is 9.23. The van der Waals surface area contributed by atoms with Gasteiger partial charge >= 0.3 is 0 Å². The first-order chi connectivity index (χ1) is 24.8. The third-order valence-electron chi connectivity index (χ3n) is 10.5. The molecule has 0 fully saturated rings. The summed E-state index contributed by atoms with van der Waals surface area (Å²) in [5, 5.41) is 12.6. The highest BCUT2D eigenvalue weighted by Crippen LogP contribution is 2.46. The Morgan fingerprint density at radius 1 is 0.360 bits per heavy atom. The Kier molecular flexibility index (Phi) is 5.89. The molecule has 11 aromatic rings. The molecule has 0 atom stereocenters. The van der Waals surface area contributed by atoms with Crippen LogP contribution in [0.2, 0.25) is 0 Å². The van der Waals surface area contributed by atoms with E-state index in [4.69, 9.17) is 4.42 Å². The molecule has 0 radical (unpaired) electrons. The number of benzene rings is 9. The van der Waals surface area contributed by atoms with Crippen LogP contribution in [0.15, 0.2) is 174 Å². The van der Waals surface area contributed by atoms with Crippen molar-refractivity contribution >= 4 is 85.8 Å². The van der Waals surface area contributed by atoms with Gasteiger partial charge in [0.1, 0.15) is 11.2 Å². The molecule has 2 heteroatoms. The zero-order valence-electron chi connectivity index (χ0n) is 27.0. The first-order valence-electron chi connectivity index (χ1n) is 17.1. The minimum Gasteiger partial charge on any atom is -0.456 e. The Bertz CT molecular complexity index is 3080. The van der Waals surface area contributed by atoms with Gasteiger partial charge in [-0.25, -0.2) is 0 Å². The van der Waals surface area contributed by atoms with Gasteiger partial charge < -0.3 is 4.42 Å². The number of thiophene rings is 1. The molecule has 0 aliphatic heterocycles. The molecule has 9 aromatic carbocycles. The molecule has 0 saturated heterocycles. The first kappa shape index (κ1) is 27.7. The van der Waals surface area contributed by atoms with Gasteiger partial charge in [0.2, 0.25) is 0 Å². The third kappa shape index (κ3) is 4.00. The van der Waals surface area contributed by atoms with Gasteiger partial charge in [-0.1, -0.05) is 140 Å². The maximum absolute atomic E-state index is 6.49. The van der Waals surface area contributed by atoms with Crippen LogP contribution in [0.3, 0.4) is 0 Å². The van der Waals surface area contributed by atoms with E-state index < -0.39 is 0 Å². The summed E-state index contributed by atoms with van der Waals surface area (Å²) in [6.45, 7) is 0. The smallest absolute Gasteiger partial charge is 0.136 e. The molecular weight excluding hydrogens is 625 g/mol. The van der Waals surface area contributed by atoms with Gasteiger partial charge in [-0.05, 0) is 96.0 Å². The maximum atomic E-state index is 6.49. The van der Waals surface area contributed by atoms with Gasteiger partial charge in [0, 0.05) is 30.9 Å². The highest BCUT2D eigenvalue weighted by molar-refractivity contribution is 7.26. The van der Waals surface area contributed by atoms with Gasteiger partial charge in [0.15, 0.2) is 0 Å². The van der Waals surface area contributed by atoms with Gasteiger partial charge in [-0.3, -0.25) is 0 Å². The second-order valence-corrected chi connectivity index (χ2v) is 14.2. The molecule has 0 N–H and O–H groups in total. The van der Waals surface area contributed by atoms with Crippen molar-refractivity contribution in [1.82, 2.24) is 0 Å². The van der Waals surface area contributed by atoms with Crippen LogP contribution >= 0.6 is 11.3 Å². The zero-order chi connectivity index (χ0) is 32.8. The van der Waals surface area contributed by atoms with Crippen LogP contribution in [-0.4, -0.2) is 0 Å². The van der Waals surface area contributed by atoms with Gasteiger partial charge in [-0.15, -0.1) is 11.3 Å². The average molecular weight is 653 g/mol. The van der Waals surface area contributed by atoms with Crippen molar-refractivity contribution in [3.8, 4) is 33.4 Å². The molecule has 0 aliphatic carbocycles. The fourth-order valence-corrected chi connectivity index (χ4v) is 9.48. The van der Waals surface area contributed by atoms with E-state index in [2.05, 4.69) is 170 Å². The molecule has 0 bridgehead atoms. The Balaban J connectivity index is 1.06. The van der Waals surface area contributed by atoms with E-state index in [1.54, 1.807) is 0 Å². The molecular formula is C48H28OS. The second-order valence-electron chi connectivity index (χ2n) is 13.2. The van der Waals surface area contributed by atoms with Crippen molar-refractivity contribution in [3.05, 3.63) is 170 Å². The monoisotopic (exact) mass is 652 g/mol. The number of hydrogen-bond donors (Lipinski definition) is 0. The maximum Gasteiger partial charge on any atom is 0.136 e. The number of furan rings is 1. The highest BCUT2D eigenvalue weighted by atomic mass is 32.1. The summed E-state index contributed by atoms with van der Waals surface area (Å²) in [6, 6.07) is 61.9. The lowest BCUT2D eigenvalue weighted by Gasteiger charge is -2.19. The largest absolute Gasteiger partial charge is 0.456 e. The Morgan fingerprint density at radius 3 is 1.70 bits per heavy atom. The Morgan fingerprint density at radius 2 is 0.940 bits per heavy atom. The lowest BCUT2D eigenvalue weighted by molar-refractivity contribution is 0.669. The van der Waals surface area contributed by atoms with E-state index in [0.29, 0.717) is 0 Å². The topological polar surface area (TPSA) is 13.1 Å². The van der Waals surface area contributed by atoms with Crippen molar-refractivity contribution in [3.63, 3.8) is 0 Å². The van der Waals surface area contributed by atoms with Crippen molar-refractivity contribution in [1.29, 1.82) is 0 Å². The molecule has 11 rings (SSSR count). The lowest BCUT2D eigenvalue weighted by Crippen LogP contribution is -1.91. The quantitative estimate of drug-likeness (QED) is 0.173. The van der Waals surface area contributed by atoms with Crippen LogP contribution in [0.25, 0.3) is 108 Å². The summed E-state index contributed by atoms with van der Waals surface area (Å²) in [7, 11) is 0. The second kappa shape index (κ2) is 10.6. The number of rotatable bonds is 3. The predicted molar refractivity (Wildman–Crippen MR) is 215 cm³/mol. The summed E-state index contributed by atoms with van der Waals surface area (Å²) in [6.07, 6.45) is 0. The summed E-state index contributed by atoms with van der Waals surface area (Å²) in [4.78, 5) is 0. The van der Waals surface area contributed by atoms with E-state index in [0.717, 1.165) is 16.7 Å². The summed E-state index contributed by atoms with van der Waals surface area (Å²) < 4.78 is 9.10. The van der Waals surface area contributed by atoms with Crippen LogP contribution in [-0.2, 0) is 0 Å². The standard InChI is InChI=1S/C48H28OS/c1-2-12-33-30(10-1)11-9-18-35(33)46-38-16-5-3-14-36(38)45(37-15-4-6-17-39(37)46)31-22-20-29(21-23-31)32-24-25-41-43(28-32)49-42-27-26-40-34-13-7-8-19-44(34)50-48(40)47(41)42/h1-28H. The lowest BCUT2D eigenvalue weighted by atomic mass is 9.84. The molecule has 232 valence electrons. The third-order valence-corrected chi connectivity index (χ3v) is 11.7. The van der Waals surface area contributed by atoms with Crippen LogP contribution in [0.1, 0.15) is 0 Å². The van der Waals surface area contributed by atoms with Gasteiger partial charge in [0.25, 0.3) is 0 Å². The predicted octanol–water partition coefficient (Wildman–Crippen LogP) is 14.4. The Labute approximate surface area is 292 Å². The molecule has 0 unspecified atom stereocenters. The molecule has 0 saturated carbocycles. The fraction of sp³-hybridized carbons (Fsp3) is 0. The Hall–Kier alpha value is -6.22. The van der Waals surface area contributed by atoms with E-state index in [1.807, 2.05) is 11.3 Å². The molecule has 2 heterocycles. The van der Waals surface area contributed by atoms with Crippen LogP contribution < -0.4 is 0 Å². The number of hydrogen-bond acceptors (Lipinski definition) is 2. The molecule has 2 aromatic heterocycles. The zero-order valence-corrected chi connectivity index (χ0v) is 27.8. The minimum absolute atomic E-state index is 0.924. The molecule has 0 spiro atoms. The van der Waals surface area contributed by atoms with Crippen LogP contribution in [0.5, 0.6) is 0 Å². The first-order valence-corrected chi connectivity index (χ1v) is 17.9. The highest BCUT2D eigenvalue weighted by Gasteiger charge is 2.19. The van der Waals surface area contributed by atoms with Crippen molar-refractivity contribution in [2.24, 2.45) is 0 Å².